The lowest BCUT2D eigenvalue weighted by molar-refractivity contribution is -0.138. The van der Waals surface area contributed by atoms with Gasteiger partial charge in [0.15, 0.2) is 0 Å². The molecule has 22 heavy (non-hydrogen) atoms. The first-order chi connectivity index (χ1) is 10.6. The molecule has 2 aromatic rings. The second kappa shape index (κ2) is 6.27. The van der Waals surface area contributed by atoms with Crippen molar-refractivity contribution < 1.29 is 14.3 Å². The second-order valence-electron chi connectivity index (χ2n) is 5.16. The molecule has 3 heterocycles. The van der Waals surface area contributed by atoms with Crippen molar-refractivity contribution in [3.8, 4) is 16.3 Å². The molecular weight excluding hydrogens is 300 g/mol. The summed E-state index contributed by atoms with van der Waals surface area (Å²) in [5.41, 5.74) is 2.14. The molecule has 5 nitrogen and oxygen atoms in total. The number of aromatic nitrogens is 1. The number of carbonyl (C=O) groups is 2. The average molecular weight is 316 g/mol. The molecule has 0 radical (unpaired) electrons. The largest absolute Gasteiger partial charge is 0.490 e. The summed E-state index contributed by atoms with van der Waals surface area (Å²) in [6.45, 7) is 2.64. The minimum atomic E-state index is -0.116. The van der Waals surface area contributed by atoms with Gasteiger partial charge < -0.3 is 4.74 Å². The Hall–Kier alpha value is -2.21. The molecule has 1 aliphatic heterocycles. The second-order valence-corrected chi connectivity index (χ2v) is 6.07. The van der Waals surface area contributed by atoms with E-state index in [1.165, 1.54) is 10.5 Å². The van der Waals surface area contributed by atoms with Gasteiger partial charge in [-0.25, -0.2) is 0 Å². The van der Waals surface area contributed by atoms with Crippen LogP contribution in [-0.2, 0) is 9.59 Å². The minimum Gasteiger partial charge on any atom is -0.490 e. The maximum absolute atomic E-state index is 11.5. The van der Waals surface area contributed by atoms with E-state index in [0.29, 0.717) is 25.1 Å². The van der Waals surface area contributed by atoms with Gasteiger partial charge in [-0.05, 0) is 36.1 Å². The molecule has 0 unspecified atom stereocenters. The van der Waals surface area contributed by atoms with Gasteiger partial charge in [0.1, 0.15) is 12.4 Å². The molecule has 1 saturated heterocycles. The predicted molar refractivity (Wildman–Crippen MR) is 83.7 cm³/mol. The molecule has 6 heteroatoms. The Labute approximate surface area is 132 Å². The van der Waals surface area contributed by atoms with Crippen LogP contribution in [0.3, 0.4) is 0 Å². The van der Waals surface area contributed by atoms with Crippen molar-refractivity contribution in [2.45, 2.75) is 19.8 Å². The topological polar surface area (TPSA) is 59.5 Å². The van der Waals surface area contributed by atoms with E-state index >= 15 is 0 Å². The summed E-state index contributed by atoms with van der Waals surface area (Å²) in [7, 11) is 0. The van der Waals surface area contributed by atoms with E-state index in [4.69, 9.17) is 4.74 Å². The summed E-state index contributed by atoms with van der Waals surface area (Å²) in [4.78, 5) is 29.7. The number of aryl methyl sites for hydroxylation is 1. The Morgan fingerprint density at radius 3 is 2.64 bits per heavy atom. The maximum Gasteiger partial charge on any atom is 0.229 e. The van der Waals surface area contributed by atoms with E-state index in [1.54, 1.807) is 17.5 Å². The van der Waals surface area contributed by atoms with Crippen molar-refractivity contribution in [3.05, 3.63) is 35.3 Å². The lowest BCUT2D eigenvalue weighted by atomic mass is 10.2. The number of likely N-dealkylation sites (tertiary alicyclic amines) is 1. The summed E-state index contributed by atoms with van der Waals surface area (Å²) in [6, 6.07) is 5.86. The van der Waals surface area contributed by atoms with Crippen molar-refractivity contribution in [3.63, 3.8) is 0 Å². The van der Waals surface area contributed by atoms with Crippen molar-refractivity contribution in [2.75, 3.05) is 13.2 Å². The van der Waals surface area contributed by atoms with Crippen LogP contribution in [0.4, 0.5) is 0 Å². The fourth-order valence-corrected chi connectivity index (χ4v) is 3.18. The van der Waals surface area contributed by atoms with Crippen LogP contribution in [0.25, 0.3) is 10.6 Å². The zero-order chi connectivity index (χ0) is 15.5. The third kappa shape index (κ3) is 3.17. The zero-order valence-electron chi connectivity index (χ0n) is 12.2. The number of nitrogens with zero attached hydrogens (tertiary/aromatic N) is 2. The Morgan fingerprint density at radius 1 is 1.27 bits per heavy atom. The smallest absolute Gasteiger partial charge is 0.229 e. The normalized spacial score (nSPS) is 14.7. The van der Waals surface area contributed by atoms with Gasteiger partial charge in [-0.1, -0.05) is 0 Å². The van der Waals surface area contributed by atoms with Crippen LogP contribution < -0.4 is 4.74 Å². The highest BCUT2D eigenvalue weighted by Crippen LogP contribution is 2.26. The Morgan fingerprint density at radius 2 is 2.05 bits per heavy atom. The van der Waals surface area contributed by atoms with E-state index < -0.39 is 0 Å². The van der Waals surface area contributed by atoms with Crippen molar-refractivity contribution in [2.24, 2.45) is 0 Å². The minimum absolute atomic E-state index is 0.116. The number of amides is 2. The molecule has 0 N–H and O–H groups in total. The predicted octanol–water partition coefficient (Wildman–Crippen LogP) is 2.65. The summed E-state index contributed by atoms with van der Waals surface area (Å²) in [5.74, 6) is 0.404. The van der Waals surface area contributed by atoms with Gasteiger partial charge in [0.2, 0.25) is 11.8 Å². The molecular formula is C16H16N2O3S. The Kier molecular flexibility index (Phi) is 4.20. The first-order valence-electron chi connectivity index (χ1n) is 7.11. The van der Waals surface area contributed by atoms with Crippen molar-refractivity contribution in [1.82, 2.24) is 9.88 Å². The van der Waals surface area contributed by atoms with Crippen molar-refractivity contribution >= 4 is 23.2 Å². The average Bonchev–Trinajstić information content (AvgIpc) is 3.08. The molecule has 0 saturated carbocycles. The third-order valence-electron chi connectivity index (χ3n) is 3.46. The zero-order valence-corrected chi connectivity index (χ0v) is 13.1. The number of imide groups is 1. The third-order valence-corrected chi connectivity index (χ3v) is 4.53. The number of pyridine rings is 1. The summed E-state index contributed by atoms with van der Waals surface area (Å²) < 4.78 is 5.56. The molecule has 1 fully saturated rings. The molecule has 0 spiro atoms. The summed E-state index contributed by atoms with van der Waals surface area (Å²) in [6.07, 6.45) is 2.29. The maximum atomic E-state index is 11.5. The molecule has 1 aliphatic rings. The van der Waals surface area contributed by atoms with Gasteiger partial charge in [-0.3, -0.25) is 19.5 Å². The van der Waals surface area contributed by atoms with Gasteiger partial charge in [0.25, 0.3) is 0 Å². The fraction of sp³-hybridized carbons (Fsp3) is 0.312. The monoisotopic (exact) mass is 316 g/mol. The van der Waals surface area contributed by atoms with Crippen LogP contribution >= 0.6 is 11.3 Å². The number of rotatable bonds is 5. The first-order valence-corrected chi connectivity index (χ1v) is 7.99. The first kappa shape index (κ1) is 14.7. The molecule has 0 aromatic carbocycles. The highest BCUT2D eigenvalue weighted by atomic mass is 32.1. The molecule has 2 amide bonds. The van der Waals surface area contributed by atoms with E-state index in [1.807, 2.05) is 12.1 Å². The van der Waals surface area contributed by atoms with Gasteiger partial charge in [-0.15, -0.1) is 11.3 Å². The Bertz CT molecular complexity index is 678. The van der Waals surface area contributed by atoms with E-state index in [-0.39, 0.29) is 18.4 Å². The lowest BCUT2D eigenvalue weighted by Gasteiger charge is -2.14. The number of thiophene rings is 1. The van der Waals surface area contributed by atoms with Crippen LogP contribution in [0.15, 0.2) is 29.8 Å². The number of hydrogen-bond donors (Lipinski definition) is 0. The standard InChI is InChI=1S/C16H16N2O3S/c1-11-8-14(22-10-11)13-3-2-12(9-17-13)21-7-6-18-15(19)4-5-16(18)20/h2-3,8-10H,4-7H2,1H3. The molecule has 0 bridgehead atoms. The number of hydrogen-bond acceptors (Lipinski definition) is 5. The van der Waals surface area contributed by atoms with Crippen LogP contribution in [-0.4, -0.2) is 34.8 Å². The summed E-state index contributed by atoms with van der Waals surface area (Å²) in [5, 5.41) is 2.09. The lowest BCUT2D eigenvalue weighted by Crippen LogP contribution is -2.33. The van der Waals surface area contributed by atoms with Crippen LogP contribution in [0.2, 0.25) is 0 Å². The summed E-state index contributed by atoms with van der Waals surface area (Å²) >= 11 is 1.66. The number of ether oxygens (including phenoxy) is 1. The van der Waals surface area contributed by atoms with E-state index in [9.17, 15) is 9.59 Å². The molecule has 0 atom stereocenters. The SMILES string of the molecule is Cc1csc(-c2ccc(OCCN3C(=O)CCC3=O)cn2)c1. The fourth-order valence-electron chi connectivity index (χ4n) is 2.30. The number of carbonyl (C=O) groups excluding carboxylic acids is 2. The van der Waals surface area contributed by atoms with Gasteiger partial charge in [-0.2, -0.15) is 0 Å². The van der Waals surface area contributed by atoms with Crippen LogP contribution in [0, 0.1) is 6.92 Å². The van der Waals surface area contributed by atoms with Crippen LogP contribution in [0.5, 0.6) is 5.75 Å². The van der Waals surface area contributed by atoms with Crippen molar-refractivity contribution in [1.29, 1.82) is 0 Å². The Balaban J connectivity index is 1.55. The van der Waals surface area contributed by atoms with Gasteiger partial charge in [0, 0.05) is 12.8 Å². The molecule has 2 aromatic heterocycles. The van der Waals surface area contributed by atoms with E-state index in [0.717, 1.165) is 10.6 Å². The quantitative estimate of drug-likeness (QED) is 0.796. The molecule has 3 rings (SSSR count). The van der Waals surface area contributed by atoms with Gasteiger partial charge >= 0.3 is 0 Å². The van der Waals surface area contributed by atoms with Gasteiger partial charge in [0.05, 0.1) is 23.3 Å². The molecule has 114 valence electrons. The highest BCUT2D eigenvalue weighted by Gasteiger charge is 2.28. The molecule has 0 aliphatic carbocycles. The van der Waals surface area contributed by atoms with E-state index in [2.05, 4.69) is 23.4 Å². The highest BCUT2D eigenvalue weighted by molar-refractivity contribution is 7.13. The van der Waals surface area contributed by atoms with Crippen LogP contribution in [0.1, 0.15) is 18.4 Å².